The van der Waals surface area contributed by atoms with Gasteiger partial charge in [0.05, 0.1) is 152 Å². The van der Waals surface area contributed by atoms with Crippen molar-refractivity contribution in [1.29, 1.82) is 0 Å². The number of aromatic nitrogens is 6. The number of morpholine rings is 4. The number of hydrogen-bond acceptors (Lipinski definition) is 25. The second-order valence-corrected chi connectivity index (χ2v) is 36.7. The van der Waals surface area contributed by atoms with Crippen molar-refractivity contribution < 1.29 is 111 Å². The molecule has 0 radical (unpaired) electrons. The average Bonchev–Trinajstić information content (AvgIpc) is 1.57. The van der Waals surface area contributed by atoms with Crippen LogP contribution in [0.15, 0.2) is 193 Å². The Morgan fingerprint density at radius 1 is 0.456 bits per heavy atom. The molecule has 0 spiro atoms. The summed E-state index contributed by atoms with van der Waals surface area (Å²) in [6.45, 7) is 25.1. The number of aryl methyl sites for hydroxylation is 5. The minimum atomic E-state index is -4.51. The zero-order valence-corrected chi connectivity index (χ0v) is 84.8. The molecule has 0 unspecified atom stereocenters. The number of furan rings is 4. The molecule has 0 saturated carbocycles. The number of halogens is 10. The maximum Gasteiger partial charge on any atom is 0.494 e. The first-order valence-electron chi connectivity index (χ1n) is 46.7. The van der Waals surface area contributed by atoms with Crippen molar-refractivity contribution in [2.24, 2.45) is 5.73 Å². The number of amides is 5. The molecule has 31 nitrogen and oxygen atoms in total. The summed E-state index contributed by atoms with van der Waals surface area (Å²) < 4.78 is 153. The molecule has 5 aliphatic rings. The first kappa shape index (κ1) is 110. The van der Waals surface area contributed by atoms with Crippen LogP contribution in [0, 0.1) is 44.0 Å². The maximum absolute atomic E-state index is 14.5. The Bertz CT molecular complexity index is 6950. The predicted octanol–water partition coefficient (Wildman–Crippen LogP) is 18.5. The number of hydrogen-bond donors (Lipinski definition) is 5. The van der Waals surface area contributed by atoms with Crippen LogP contribution in [-0.2, 0) is 70.0 Å². The van der Waals surface area contributed by atoms with Gasteiger partial charge in [0.2, 0.25) is 5.91 Å². The van der Waals surface area contributed by atoms with E-state index in [2.05, 4.69) is 51.2 Å². The van der Waals surface area contributed by atoms with Crippen LogP contribution < -0.4 is 28.0 Å². The number of fused-ring (bicyclic) bond motifs is 4. The van der Waals surface area contributed by atoms with Gasteiger partial charge < -0.3 is 93.1 Å². The van der Waals surface area contributed by atoms with Gasteiger partial charge in [-0.2, -0.15) is 13.2 Å². The van der Waals surface area contributed by atoms with Gasteiger partial charge in [0.15, 0.2) is 23.3 Å². The van der Waals surface area contributed by atoms with Gasteiger partial charge in [-0.1, -0.05) is 19.9 Å². The van der Waals surface area contributed by atoms with Crippen molar-refractivity contribution in [3.63, 3.8) is 0 Å². The number of rotatable bonds is 17. The number of anilines is 2. The Labute approximate surface area is 859 Å². The molecule has 772 valence electrons. The quantitative estimate of drug-likeness (QED) is 0.0186. The topological polar surface area (TPSA) is 411 Å². The van der Waals surface area contributed by atoms with E-state index in [1.165, 1.54) is 42.6 Å². The van der Waals surface area contributed by atoms with Crippen molar-refractivity contribution >= 4 is 155 Å². The van der Waals surface area contributed by atoms with Crippen LogP contribution in [0.4, 0.5) is 42.4 Å². The molecule has 5 amide bonds. The summed E-state index contributed by atoms with van der Waals surface area (Å²) in [7, 11) is -0.847. The molecule has 5 aliphatic heterocycles. The minimum Gasteiger partial charge on any atom is -0.478 e. The summed E-state index contributed by atoms with van der Waals surface area (Å²) in [6.07, 6.45) is 9.81. The molecule has 5 saturated heterocycles. The number of benzene rings is 4. The number of nitrogens with zero attached hydrogens (tertiary/aromatic N) is 10. The summed E-state index contributed by atoms with van der Waals surface area (Å²) >= 11 is 12.6. The minimum absolute atomic E-state index is 0.0203. The SMILES string of the molecule is CCc1cc2cc(-c3cc(C(=O)N4CCOCC4)c(F)cn3)cc(C)c2o1.CCc1cc2cc(B3OC(C)(C)C(C)(C)O3)cc(C(F)(F)F)c2o1.Cc1cc(-c2cc(C(=O)N3CCOCC3)c(F)cn2)cc2cc(CN)oc12.Cc1cc(-c2cc(C(=O)N3CCOCC3)c(F)cn2)cc2cc(CNC(=O)/C=C/c3ccc(N)nc3)oc12.ClCCl.Nc1ccc(/C=C/C(=O)O)cn1.O=C(c1cc(Br)ncc1F)N1CCOCC1. The monoisotopic (exact) mass is 2130 g/mol. The molecule has 10 aromatic heterocycles. The Balaban J connectivity index is 0.000000151. The Kier molecular flexibility index (Phi) is 37.6. The van der Waals surface area contributed by atoms with E-state index in [1.54, 1.807) is 68.3 Å². The average molecular weight is 2130 g/mol. The van der Waals surface area contributed by atoms with Gasteiger partial charge in [0.25, 0.3) is 23.6 Å². The third-order valence-corrected chi connectivity index (χ3v) is 24.7. The van der Waals surface area contributed by atoms with Gasteiger partial charge in [0.1, 0.15) is 61.6 Å². The van der Waals surface area contributed by atoms with Gasteiger partial charge in [-0.05, 0) is 225 Å². The van der Waals surface area contributed by atoms with Crippen LogP contribution >= 0.6 is 39.1 Å². The third-order valence-electron chi connectivity index (χ3n) is 24.3. The van der Waals surface area contributed by atoms with Crippen LogP contribution in [0.2, 0.25) is 0 Å². The molecule has 147 heavy (non-hydrogen) atoms. The van der Waals surface area contributed by atoms with Gasteiger partial charge in [-0.25, -0.2) is 37.3 Å². The highest BCUT2D eigenvalue weighted by atomic mass is 79.9. The van der Waals surface area contributed by atoms with Gasteiger partial charge in [0, 0.05) is 128 Å². The lowest BCUT2D eigenvalue weighted by atomic mass is 9.77. The zero-order chi connectivity index (χ0) is 106. The lowest BCUT2D eigenvalue weighted by molar-refractivity contribution is -0.137. The van der Waals surface area contributed by atoms with Crippen molar-refractivity contribution in [2.45, 2.75) is 106 Å². The number of nitrogens with one attached hydrogen (secondary N) is 1. The molecule has 15 heterocycles. The molecule has 5 fully saturated rings. The van der Waals surface area contributed by atoms with E-state index in [1.807, 2.05) is 117 Å². The van der Waals surface area contributed by atoms with Gasteiger partial charge in [-0.3, -0.25) is 38.9 Å². The van der Waals surface area contributed by atoms with E-state index >= 15 is 0 Å². The molecular formula is C105H107BBrCl2F7N14O17. The molecule has 19 rings (SSSR count). The molecule has 0 atom stereocenters. The van der Waals surface area contributed by atoms with Crippen molar-refractivity contribution in [1.82, 2.24) is 54.8 Å². The molecule has 14 aromatic rings. The second kappa shape index (κ2) is 50.1. The number of alkyl halides is 5. The highest BCUT2D eigenvalue weighted by Gasteiger charge is 2.52. The molecular weight excluding hydrogens is 2020 g/mol. The smallest absolute Gasteiger partial charge is 0.478 e. The molecule has 42 heteroatoms. The Morgan fingerprint density at radius 2 is 0.789 bits per heavy atom. The highest BCUT2D eigenvalue weighted by molar-refractivity contribution is 9.10. The molecule has 4 aromatic carbocycles. The van der Waals surface area contributed by atoms with Crippen molar-refractivity contribution in [3.8, 4) is 33.8 Å². The summed E-state index contributed by atoms with van der Waals surface area (Å²) in [4.78, 5) is 103. The van der Waals surface area contributed by atoms with Crippen molar-refractivity contribution in [3.05, 3.63) is 277 Å². The maximum atomic E-state index is 14.5. The number of ether oxygens (including phenoxy) is 4. The molecule has 0 bridgehead atoms. The number of carbonyl (C=O) groups excluding carboxylic acids is 5. The summed E-state index contributed by atoms with van der Waals surface area (Å²) in [6, 6.07) is 34.2. The standard InChI is InChI=1S/C28H26FN5O4.C21H21FN2O3.C20H20FN3O3.C17H20BF3O3.C10H10BrFN2O2.C8H8N2O2.CH2Cl2/c1-17-10-19(24-13-22(23(29)16-31-24)28(36)34-6-8-37-9-7-34)11-20-12-21(38-27(17)20)15-33-26(35)5-3-18-2-4-25(30)32-14-18;1-3-16-10-15-9-14(8-13(2)20(15)27-16)19-11-17(18(22)12-23-19)21(25)24-4-6-26-7-5-24;1-12-6-13(7-14-8-15(10-22)27-19(12)14)18-9-16(17(21)11-23-18)20(25)24-2-4-26-5-3-24;1-6-12-8-10-7-11(9-13(14(10)22-12)17(19,20)21)18-23-15(2,3)16(4,5)24-18;11-9-5-7(8(12)6-13-9)10(15)14-1-3-16-4-2-14;9-7-3-1-6(5-10-7)2-4-8(11)12;2-1-3/h2-5,10-14,16H,6-9,15H2,1H3,(H2,30,32)(H,33,35);8-12H,3-7H2,1-2H3;6-9,11H,2-5,10,22H2,1H3;7-9H,6H2,1-5H3;5-6H,1-4H2;1-5H,(H2,9,10)(H,11,12);1H2/b5-3+;;;;;4-2+;. The largest absolute Gasteiger partial charge is 0.494 e. The van der Waals surface area contributed by atoms with Crippen LogP contribution in [0.1, 0.15) is 139 Å². The number of aliphatic carboxylic acids is 1. The normalized spacial score (nSPS) is 15.0. The van der Waals surface area contributed by atoms with E-state index in [0.29, 0.717) is 191 Å². The predicted molar refractivity (Wildman–Crippen MR) is 546 cm³/mol. The van der Waals surface area contributed by atoms with E-state index < -0.39 is 59.3 Å². The number of nitrogen functional groups attached to an aromatic ring is 2. The van der Waals surface area contributed by atoms with Gasteiger partial charge >= 0.3 is 19.3 Å². The number of carboxylic acids is 1. The summed E-state index contributed by atoms with van der Waals surface area (Å²) in [5.41, 5.74) is 25.3. The van der Waals surface area contributed by atoms with Crippen molar-refractivity contribution in [2.75, 3.05) is 122 Å². The fraction of sp³-hybridized carbons (Fsp3) is 0.314. The highest BCUT2D eigenvalue weighted by Crippen LogP contribution is 2.41. The first-order valence-corrected chi connectivity index (χ1v) is 48.6. The number of carbonyl (C=O) groups is 6. The van der Waals surface area contributed by atoms with Crippen LogP contribution in [-0.4, -0.2) is 219 Å². The first-order chi connectivity index (χ1) is 70.2. The number of carboxylic acid groups (broad SMARTS) is 1. The van der Waals surface area contributed by atoms with E-state index in [-0.39, 0.29) is 69.3 Å². The second-order valence-electron chi connectivity index (χ2n) is 35.1. The Morgan fingerprint density at radius 3 is 1.14 bits per heavy atom. The third kappa shape index (κ3) is 28.5. The number of pyridine rings is 6. The fourth-order valence-corrected chi connectivity index (χ4v) is 16.2. The lowest BCUT2D eigenvalue weighted by Crippen LogP contribution is -2.41. The van der Waals surface area contributed by atoms with E-state index in [9.17, 15) is 59.5 Å². The molecule has 8 N–H and O–H groups in total. The van der Waals surface area contributed by atoms with Gasteiger partial charge in [-0.15, -0.1) is 23.2 Å². The van der Waals surface area contributed by atoms with E-state index in [4.69, 9.17) is 91.4 Å². The zero-order valence-electron chi connectivity index (χ0n) is 81.7. The van der Waals surface area contributed by atoms with Crippen LogP contribution in [0.25, 0.3) is 89.8 Å². The fourth-order valence-electron chi connectivity index (χ4n) is 15.9. The summed E-state index contributed by atoms with van der Waals surface area (Å²) in [5, 5.41) is 14.4. The Hall–Kier alpha value is -13.8. The molecule has 0 aliphatic carbocycles. The summed E-state index contributed by atoms with van der Waals surface area (Å²) in [5.74, 6) is -1.58. The van der Waals surface area contributed by atoms with E-state index in [0.717, 1.165) is 115 Å². The number of nitrogens with two attached hydrogens (primary N) is 3. The van der Waals surface area contributed by atoms with Crippen LogP contribution in [0.5, 0.6) is 0 Å². The lowest BCUT2D eigenvalue weighted by Gasteiger charge is -2.32. The van der Waals surface area contributed by atoms with Crippen LogP contribution in [0.3, 0.4) is 0 Å².